The molecule has 0 saturated carbocycles. The highest BCUT2D eigenvalue weighted by Gasteiger charge is 2.31. The average molecular weight is 328 g/mol. The van der Waals surface area contributed by atoms with E-state index in [1.165, 1.54) is 6.20 Å². The molecule has 1 aromatic carbocycles. The van der Waals surface area contributed by atoms with E-state index in [0.717, 1.165) is 5.56 Å². The van der Waals surface area contributed by atoms with Gasteiger partial charge in [-0.15, -0.1) is 0 Å². The lowest BCUT2D eigenvalue weighted by Gasteiger charge is -2.19. The lowest BCUT2D eigenvalue weighted by atomic mass is 10.1. The summed E-state index contributed by atoms with van der Waals surface area (Å²) in [6, 6.07) is 9.21. The third-order valence-electron chi connectivity index (χ3n) is 3.82. The molecule has 1 aromatic heterocycles. The molecule has 7 heteroatoms. The van der Waals surface area contributed by atoms with Crippen molar-refractivity contribution >= 4 is 11.9 Å². The van der Waals surface area contributed by atoms with Gasteiger partial charge in [-0.05, 0) is 6.92 Å². The fraction of sp³-hybridized carbons (Fsp3) is 0.353. The van der Waals surface area contributed by atoms with E-state index in [0.29, 0.717) is 31.1 Å². The molecule has 3 N–H and O–H groups in total. The summed E-state index contributed by atoms with van der Waals surface area (Å²) in [5.41, 5.74) is 7.38. The molecule has 1 aliphatic heterocycles. The Labute approximate surface area is 140 Å². The number of hydrogen-bond donors (Lipinski definition) is 2. The quantitative estimate of drug-likeness (QED) is 0.857. The fourth-order valence-electron chi connectivity index (χ4n) is 2.67. The van der Waals surface area contributed by atoms with Crippen LogP contribution in [0.5, 0.6) is 0 Å². The number of nitrogens with two attached hydrogens (primary N) is 1. The summed E-state index contributed by atoms with van der Waals surface area (Å²) in [5.74, 6) is -0.143. The van der Waals surface area contributed by atoms with Crippen LogP contribution in [0.25, 0.3) is 11.3 Å². The first kappa shape index (κ1) is 16.4. The van der Waals surface area contributed by atoms with Gasteiger partial charge in [-0.1, -0.05) is 30.3 Å². The van der Waals surface area contributed by atoms with E-state index in [2.05, 4.69) is 15.3 Å². The van der Waals surface area contributed by atoms with Crippen molar-refractivity contribution in [1.29, 1.82) is 0 Å². The van der Waals surface area contributed by atoms with Crippen molar-refractivity contribution in [3.63, 3.8) is 0 Å². The summed E-state index contributed by atoms with van der Waals surface area (Å²) in [6.45, 7) is 3.38. The lowest BCUT2D eigenvalue weighted by molar-refractivity contribution is 0.0402. The maximum Gasteiger partial charge on any atom is 0.255 e. The summed E-state index contributed by atoms with van der Waals surface area (Å²) >= 11 is 0. The number of hydrogen-bond acceptors (Lipinski definition) is 6. The number of carbonyl (C=O) groups excluding carboxylic acids is 1. The molecule has 0 unspecified atom stereocenters. The van der Waals surface area contributed by atoms with Crippen LogP contribution in [0.1, 0.15) is 17.3 Å². The molecule has 0 spiro atoms. The predicted molar refractivity (Wildman–Crippen MR) is 89.4 cm³/mol. The number of amides is 1. The van der Waals surface area contributed by atoms with Gasteiger partial charge in [-0.2, -0.15) is 0 Å². The molecule has 2 heterocycles. The Balaban J connectivity index is 1.85. The molecule has 3 rings (SSSR count). The Morgan fingerprint density at radius 2 is 2.17 bits per heavy atom. The van der Waals surface area contributed by atoms with Gasteiger partial charge in [-0.25, -0.2) is 9.97 Å². The first-order valence-electron chi connectivity index (χ1n) is 7.87. The largest absolute Gasteiger partial charge is 0.376 e. The maximum absolute atomic E-state index is 12.7. The lowest BCUT2D eigenvalue weighted by Crippen LogP contribution is -2.44. The van der Waals surface area contributed by atoms with Crippen LogP contribution in [0.4, 0.5) is 5.95 Å². The normalized spacial score (nSPS) is 20.0. The summed E-state index contributed by atoms with van der Waals surface area (Å²) < 4.78 is 11.0. The zero-order valence-corrected chi connectivity index (χ0v) is 13.4. The number of ether oxygens (including phenoxy) is 2. The number of carbonyl (C=O) groups is 1. The van der Waals surface area contributed by atoms with Crippen molar-refractivity contribution in [3.8, 4) is 11.3 Å². The smallest absolute Gasteiger partial charge is 0.255 e. The number of nitrogens with zero attached hydrogens (tertiary/aromatic N) is 2. The Hall–Kier alpha value is -2.51. The second-order valence-corrected chi connectivity index (χ2v) is 5.47. The number of benzene rings is 1. The minimum absolute atomic E-state index is 0.127. The van der Waals surface area contributed by atoms with E-state index in [4.69, 9.17) is 15.2 Å². The highest BCUT2D eigenvalue weighted by molar-refractivity contribution is 6.00. The summed E-state index contributed by atoms with van der Waals surface area (Å²) in [7, 11) is 0. The molecule has 0 radical (unpaired) electrons. The highest BCUT2D eigenvalue weighted by Crippen LogP contribution is 2.22. The molecule has 24 heavy (non-hydrogen) atoms. The van der Waals surface area contributed by atoms with E-state index >= 15 is 0 Å². The van der Waals surface area contributed by atoms with E-state index in [1.54, 1.807) is 0 Å². The molecule has 1 saturated heterocycles. The van der Waals surface area contributed by atoms with Gasteiger partial charge in [0.05, 0.1) is 30.5 Å². The van der Waals surface area contributed by atoms with Gasteiger partial charge < -0.3 is 20.5 Å². The van der Waals surface area contributed by atoms with Gasteiger partial charge in [0.25, 0.3) is 5.91 Å². The number of nitrogen functional groups attached to an aromatic ring is 1. The van der Waals surface area contributed by atoms with Crippen LogP contribution in [0.3, 0.4) is 0 Å². The third kappa shape index (κ3) is 3.52. The van der Waals surface area contributed by atoms with Crippen molar-refractivity contribution in [2.24, 2.45) is 0 Å². The summed E-state index contributed by atoms with van der Waals surface area (Å²) in [6.07, 6.45) is 1.31. The molecule has 126 valence electrons. The minimum atomic E-state index is -0.269. The Bertz CT molecular complexity index is 708. The SMILES string of the molecule is CCO[C@H]1COC[C@@H]1NC(=O)c1cnc(N)nc1-c1ccccc1. The second-order valence-electron chi connectivity index (χ2n) is 5.47. The van der Waals surface area contributed by atoms with Crippen LogP contribution in [-0.4, -0.2) is 47.8 Å². The second kappa shape index (κ2) is 7.37. The Morgan fingerprint density at radius 1 is 1.38 bits per heavy atom. The molecule has 1 fully saturated rings. The van der Waals surface area contributed by atoms with Crippen LogP contribution < -0.4 is 11.1 Å². The molecule has 0 bridgehead atoms. The van der Waals surface area contributed by atoms with Crippen LogP contribution in [0.15, 0.2) is 36.5 Å². The number of aromatic nitrogens is 2. The molecule has 2 atom stereocenters. The standard InChI is InChI=1S/C17H20N4O3/c1-2-24-14-10-23-9-13(14)20-16(22)12-8-19-17(18)21-15(12)11-6-4-3-5-7-11/h3-8,13-14H,2,9-10H2,1H3,(H,20,22)(H2,18,19,21)/t13-,14-/m0/s1. The van der Waals surface area contributed by atoms with Gasteiger partial charge >= 0.3 is 0 Å². The van der Waals surface area contributed by atoms with Crippen molar-refractivity contribution < 1.29 is 14.3 Å². The molecular weight excluding hydrogens is 308 g/mol. The zero-order chi connectivity index (χ0) is 16.9. The number of rotatable bonds is 5. The molecule has 0 aliphatic carbocycles. The zero-order valence-electron chi connectivity index (χ0n) is 13.4. The highest BCUT2D eigenvalue weighted by atomic mass is 16.5. The van der Waals surface area contributed by atoms with E-state index in [-0.39, 0.29) is 24.0 Å². The average Bonchev–Trinajstić information content (AvgIpc) is 3.03. The topological polar surface area (TPSA) is 99.4 Å². The van der Waals surface area contributed by atoms with Crippen LogP contribution in [-0.2, 0) is 9.47 Å². The van der Waals surface area contributed by atoms with E-state index in [1.807, 2.05) is 37.3 Å². The summed E-state index contributed by atoms with van der Waals surface area (Å²) in [4.78, 5) is 20.9. The third-order valence-corrected chi connectivity index (χ3v) is 3.82. The number of nitrogens with one attached hydrogen (secondary N) is 1. The molecule has 1 amide bonds. The van der Waals surface area contributed by atoms with E-state index in [9.17, 15) is 4.79 Å². The van der Waals surface area contributed by atoms with Crippen LogP contribution in [0, 0.1) is 0 Å². The van der Waals surface area contributed by atoms with Crippen LogP contribution >= 0.6 is 0 Å². The minimum Gasteiger partial charge on any atom is -0.376 e. The Kier molecular flexibility index (Phi) is 5.02. The van der Waals surface area contributed by atoms with E-state index < -0.39 is 0 Å². The van der Waals surface area contributed by atoms with Crippen LogP contribution in [0.2, 0.25) is 0 Å². The first-order chi connectivity index (χ1) is 11.7. The monoisotopic (exact) mass is 328 g/mol. The van der Waals surface area contributed by atoms with Crippen molar-refractivity contribution in [1.82, 2.24) is 15.3 Å². The maximum atomic E-state index is 12.7. The van der Waals surface area contributed by atoms with Gasteiger partial charge in [0, 0.05) is 18.4 Å². The van der Waals surface area contributed by atoms with Crippen molar-refractivity contribution in [2.45, 2.75) is 19.1 Å². The van der Waals surface area contributed by atoms with Gasteiger partial charge in [0.2, 0.25) is 5.95 Å². The van der Waals surface area contributed by atoms with Gasteiger partial charge in [0.1, 0.15) is 6.10 Å². The van der Waals surface area contributed by atoms with Gasteiger partial charge in [-0.3, -0.25) is 4.79 Å². The Morgan fingerprint density at radius 3 is 2.92 bits per heavy atom. The first-order valence-corrected chi connectivity index (χ1v) is 7.87. The van der Waals surface area contributed by atoms with Gasteiger partial charge in [0.15, 0.2) is 0 Å². The van der Waals surface area contributed by atoms with Crippen molar-refractivity contribution in [3.05, 3.63) is 42.1 Å². The predicted octanol–water partition coefficient (Wildman–Crippen LogP) is 1.26. The fourth-order valence-corrected chi connectivity index (χ4v) is 2.67. The summed E-state index contributed by atoms with van der Waals surface area (Å²) in [5, 5.41) is 2.95. The van der Waals surface area contributed by atoms with Crippen molar-refractivity contribution in [2.75, 3.05) is 25.6 Å². The molecule has 7 nitrogen and oxygen atoms in total. The molecule has 1 aliphatic rings. The molecular formula is C17H20N4O3. The molecule has 2 aromatic rings. The number of anilines is 1.